The molecule has 1 saturated heterocycles. The summed E-state index contributed by atoms with van der Waals surface area (Å²) in [5.41, 5.74) is 0. The van der Waals surface area contributed by atoms with Crippen LogP contribution in [0.25, 0.3) is 0 Å². The number of aliphatic hydroxyl groups is 1. The van der Waals surface area contributed by atoms with Crippen molar-refractivity contribution in [3.63, 3.8) is 0 Å². The van der Waals surface area contributed by atoms with Crippen molar-refractivity contribution in [2.45, 2.75) is 12.3 Å². The Morgan fingerprint density at radius 2 is 2.21 bits per heavy atom. The van der Waals surface area contributed by atoms with Crippen molar-refractivity contribution in [3.05, 3.63) is 11.7 Å². The second-order valence-corrected chi connectivity index (χ2v) is 5.45. The van der Waals surface area contributed by atoms with E-state index in [1.165, 1.54) is 0 Å². The van der Waals surface area contributed by atoms with Crippen molar-refractivity contribution in [2.24, 2.45) is 0 Å². The minimum Gasteiger partial charge on any atom is -0.396 e. The largest absolute Gasteiger partial charge is 0.396 e. The highest BCUT2D eigenvalue weighted by Crippen LogP contribution is 2.26. The van der Waals surface area contributed by atoms with E-state index in [2.05, 4.69) is 10.1 Å². The van der Waals surface area contributed by atoms with Gasteiger partial charge in [-0.15, -0.1) is 0 Å². The van der Waals surface area contributed by atoms with Crippen LogP contribution >= 0.6 is 0 Å². The Bertz CT molecular complexity index is 413. The molecular formula is C7H10N2O4S. The lowest BCUT2D eigenvalue weighted by Crippen LogP contribution is -2.34. The fraction of sp³-hybridized carbons (Fsp3) is 0.714. The van der Waals surface area contributed by atoms with Crippen molar-refractivity contribution in [1.82, 2.24) is 10.1 Å². The molecule has 6 nitrogen and oxygen atoms in total. The van der Waals surface area contributed by atoms with Crippen LogP contribution < -0.4 is 0 Å². The molecule has 2 heterocycles. The van der Waals surface area contributed by atoms with Gasteiger partial charge in [-0.05, 0) is 0 Å². The van der Waals surface area contributed by atoms with Crippen LogP contribution in [0.2, 0.25) is 0 Å². The van der Waals surface area contributed by atoms with Crippen molar-refractivity contribution >= 4 is 9.84 Å². The molecule has 14 heavy (non-hydrogen) atoms. The lowest BCUT2D eigenvalue weighted by molar-refractivity contribution is 0.273. The molecule has 1 aromatic heterocycles. The number of aromatic nitrogens is 2. The Balaban J connectivity index is 2.04. The zero-order valence-electron chi connectivity index (χ0n) is 7.38. The van der Waals surface area contributed by atoms with Crippen LogP contribution in [0.1, 0.15) is 17.6 Å². The van der Waals surface area contributed by atoms with Gasteiger partial charge in [-0.1, -0.05) is 5.16 Å². The summed E-state index contributed by atoms with van der Waals surface area (Å²) in [5, 5.41) is 12.3. The first-order chi connectivity index (χ1) is 6.61. The number of aliphatic hydroxyl groups excluding tert-OH is 1. The number of rotatable bonds is 3. The number of nitrogens with zero attached hydrogens (tertiary/aromatic N) is 2. The maximum absolute atomic E-state index is 10.9. The highest BCUT2D eigenvalue weighted by atomic mass is 32.2. The zero-order chi connectivity index (χ0) is 10.2. The highest BCUT2D eigenvalue weighted by molar-refractivity contribution is 7.92. The zero-order valence-corrected chi connectivity index (χ0v) is 8.20. The maximum atomic E-state index is 10.9. The van der Waals surface area contributed by atoms with Gasteiger partial charge < -0.3 is 9.63 Å². The van der Waals surface area contributed by atoms with E-state index in [0.717, 1.165) is 0 Å². The maximum Gasteiger partial charge on any atom is 0.228 e. The summed E-state index contributed by atoms with van der Waals surface area (Å²) in [4.78, 5) is 3.99. The van der Waals surface area contributed by atoms with Crippen LogP contribution in [-0.2, 0) is 16.3 Å². The topological polar surface area (TPSA) is 93.3 Å². The Kier molecular flexibility index (Phi) is 2.28. The number of hydrogen-bond donors (Lipinski definition) is 1. The molecule has 0 aliphatic carbocycles. The summed E-state index contributed by atoms with van der Waals surface area (Å²) in [6, 6.07) is 0. The minimum absolute atomic E-state index is 0.0510. The monoisotopic (exact) mass is 218 g/mol. The SMILES string of the molecule is O=S1(=O)CC(c2noc(CCO)n2)C1. The van der Waals surface area contributed by atoms with Crippen molar-refractivity contribution in [1.29, 1.82) is 0 Å². The normalized spacial score (nSPS) is 20.6. The second-order valence-electron chi connectivity index (χ2n) is 3.29. The van der Waals surface area contributed by atoms with Gasteiger partial charge >= 0.3 is 0 Å². The highest BCUT2D eigenvalue weighted by Gasteiger charge is 2.37. The first-order valence-corrected chi connectivity index (χ1v) is 6.06. The molecule has 1 aromatic rings. The molecule has 0 bridgehead atoms. The van der Waals surface area contributed by atoms with E-state index in [4.69, 9.17) is 9.63 Å². The van der Waals surface area contributed by atoms with Gasteiger partial charge in [0.05, 0.1) is 30.5 Å². The number of hydrogen-bond acceptors (Lipinski definition) is 6. The second kappa shape index (κ2) is 3.32. The summed E-state index contributed by atoms with van der Waals surface area (Å²) in [6.07, 6.45) is 0.312. The van der Waals surface area contributed by atoms with Crippen LogP contribution in [0.15, 0.2) is 4.52 Å². The van der Waals surface area contributed by atoms with Gasteiger partial charge in [0.25, 0.3) is 0 Å². The van der Waals surface area contributed by atoms with Crippen molar-refractivity contribution < 1.29 is 18.0 Å². The van der Waals surface area contributed by atoms with Crippen LogP contribution in [-0.4, -0.2) is 41.8 Å². The third-order valence-electron chi connectivity index (χ3n) is 2.08. The molecule has 1 aliphatic heterocycles. The summed E-state index contributed by atoms with van der Waals surface area (Å²) in [7, 11) is -2.85. The molecule has 7 heteroatoms. The molecule has 0 amide bonds. The van der Waals surface area contributed by atoms with Gasteiger partial charge in [0, 0.05) is 0 Å². The Morgan fingerprint density at radius 1 is 1.50 bits per heavy atom. The molecule has 0 atom stereocenters. The molecule has 2 rings (SSSR count). The molecule has 78 valence electrons. The van der Waals surface area contributed by atoms with E-state index in [1.807, 2.05) is 0 Å². The van der Waals surface area contributed by atoms with Crippen LogP contribution in [0.3, 0.4) is 0 Å². The van der Waals surface area contributed by atoms with Crippen LogP contribution in [0.4, 0.5) is 0 Å². The summed E-state index contributed by atoms with van der Waals surface area (Å²) in [5.74, 6) is 0.863. The molecule has 1 fully saturated rings. The van der Waals surface area contributed by atoms with Gasteiger partial charge in [-0.2, -0.15) is 4.98 Å². The molecule has 1 N–H and O–H groups in total. The van der Waals surface area contributed by atoms with Gasteiger partial charge in [0.1, 0.15) is 0 Å². The van der Waals surface area contributed by atoms with E-state index in [1.54, 1.807) is 0 Å². The Hall–Kier alpha value is -0.950. The predicted molar refractivity (Wildman–Crippen MR) is 46.5 cm³/mol. The molecule has 0 radical (unpaired) electrons. The first kappa shape index (κ1) is 9.60. The third-order valence-corrected chi connectivity index (χ3v) is 3.91. The molecule has 0 unspecified atom stereocenters. The minimum atomic E-state index is -2.85. The Labute approximate surface area is 80.9 Å². The summed E-state index contributed by atoms with van der Waals surface area (Å²) in [6.45, 7) is -0.0510. The van der Waals surface area contributed by atoms with Gasteiger partial charge in [0.15, 0.2) is 15.7 Å². The number of sulfone groups is 1. The Morgan fingerprint density at radius 3 is 2.79 bits per heavy atom. The average Bonchev–Trinajstić information content (AvgIpc) is 2.49. The molecular weight excluding hydrogens is 208 g/mol. The predicted octanol–water partition coefficient (Wildman–Crippen LogP) is -0.884. The fourth-order valence-corrected chi connectivity index (χ4v) is 2.77. The lowest BCUT2D eigenvalue weighted by atomic mass is 10.2. The molecule has 1 aliphatic rings. The van der Waals surface area contributed by atoms with E-state index < -0.39 is 9.84 Å². The van der Waals surface area contributed by atoms with Gasteiger partial charge in [-0.25, -0.2) is 8.42 Å². The third kappa shape index (κ3) is 1.78. The molecule has 0 spiro atoms. The van der Waals surface area contributed by atoms with Gasteiger partial charge in [0.2, 0.25) is 5.89 Å². The van der Waals surface area contributed by atoms with Crippen molar-refractivity contribution in [3.8, 4) is 0 Å². The lowest BCUT2D eigenvalue weighted by Gasteiger charge is -2.21. The smallest absolute Gasteiger partial charge is 0.228 e. The van der Waals surface area contributed by atoms with Crippen LogP contribution in [0, 0.1) is 0 Å². The van der Waals surface area contributed by atoms with Crippen LogP contribution in [0.5, 0.6) is 0 Å². The summed E-state index contributed by atoms with van der Waals surface area (Å²) < 4.78 is 26.6. The molecule has 0 aromatic carbocycles. The van der Waals surface area contributed by atoms with E-state index in [0.29, 0.717) is 18.1 Å². The molecule has 0 saturated carbocycles. The van der Waals surface area contributed by atoms with E-state index >= 15 is 0 Å². The standard InChI is InChI=1S/C7H10N2O4S/c10-2-1-6-8-7(9-13-6)5-3-14(11,12)4-5/h5,10H,1-4H2. The average molecular weight is 218 g/mol. The van der Waals surface area contributed by atoms with Crippen molar-refractivity contribution in [2.75, 3.05) is 18.1 Å². The van der Waals surface area contributed by atoms with E-state index in [-0.39, 0.29) is 24.0 Å². The fourth-order valence-electron chi connectivity index (χ4n) is 1.34. The van der Waals surface area contributed by atoms with E-state index in [9.17, 15) is 8.42 Å². The van der Waals surface area contributed by atoms with Gasteiger partial charge in [-0.3, -0.25) is 0 Å². The first-order valence-electron chi connectivity index (χ1n) is 4.24. The summed E-state index contributed by atoms with van der Waals surface area (Å²) >= 11 is 0. The quantitative estimate of drug-likeness (QED) is 0.707.